The molecule has 1 saturated heterocycles. The molecule has 0 aromatic heterocycles. The van der Waals surface area contributed by atoms with Gasteiger partial charge in [-0.3, -0.25) is 0 Å². The number of fused-ring (bicyclic) bond motifs is 4. The maximum absolute atomic E-state index is 6.55. The van der Waals surface area contributed by atoms with E-state index < -0.39 is 7.12 Å². The molecule has 9 rings (SSSR count). The minimum Gasteiger partial charge on any atom is -0.399 e. The smallest absolute Gasteiger partial charge is 0.399 e. The van der Waals surface area contributed by atoms with Crippen molar-refractivity contribution in [2.45, 2.75) is 38.9 Å². The highest BCUT2D eigenvalue weighted by Gasteiger charge is 2.52. The van der Waals surface area contributed by atoms with Crippen LogP contribution in [0.1, 0.15) is 27.7 Å². The van der Waals surface area contributed by atoms with Gasteiger partial charge >= 0.3 is 7.12 Å². The fraction of sp³-hybridized carbons (Fsp3) is 0.130. The lowest BCUT2D eigenvalue weighted by Crippen LogP contribution is -2.41. The van der Waals surface area contributed by atoms with Gasteiger partial charge in [-0.25, -0.2) is 0 Å². The number of benzene rings is 8. The normalized spacial score (nSPS) is 14.1. The van der Waals surface area contributed by atoms with Crippen LogP contribution in [0.25, 0.3) is 43.1 Å². The van der Waals surface area contributed by atoms with Crippen LogP contribution in [0, 0.1) is 3.57 Å². The molecule has 0 unspecified atom stereocenters. The van der Waals surface area contributed by atoms with Crippen molar-refractivity contribution in [2.24, 2.45) is 0 Å². The van der Waals surface area contributed by atoms with Gasteiger partial charge in [0, 0.05) is 25.1 Å². The topological polar surface area (TPSA) is 70.5 Å². The lowest BCUT2D eigenvalue weighted by atomic mass is 9.78. The first-order valence-electron chi connectivity index (χ1n) is 17.7. The van der Waals surface area contributed by atoms with Crippen molar-refractivity contribution in [1.82, 2.24) is 0 Å². The van der Waals surface area contributed by atoms with Crippen LogP contribution >= 0.6 is 45.8 Å². The molecule has 0 radical (unpaired) electrons. The fourth-order valence-corrected chi connectivity index (χ4v) is 7.10. The SMILES string of the molecule is CC1(C)OB(c2ccc3ccccc3c2Cl)OC1(C)C.Ic1ccc2ccccc2c1.Nc1ccc2ccccc2c1.Nc1ccc2ccccc2c1Cl. The summed E-state index contributed by atoms with van der Waals surface area (Å²) < 4.78 is 13.4. The van der Waals surface area contributed by atoms with E-state index in [0.29, 0.717) is 15.7 Å². The van der Waals surface area contributed by atoms with E-state index >= 15 is 0 Å². The Morgan fingerprint density at radius 2 is 0.907 bits per heavy atom. The summed E-state index contributed by atoms with van der Waals surface area (Å²) in [6.45, 7) is 8.17. The highest BCUT2D eigenvalue weighted by molar-refractivity contribution is 14.1. The van der Waals surface area contributed by atoms with Crippen molar-refractivity contribution in [1.29, 1.82) is 0 Å². The third-order valence-electron chi connectivity index (χ3n) is 9.78. The fourth-order valence-electron chi connectivity index (χ4n) is 6.02. The molecular formula is C46H42BCl2IN2O2. The molecule has 1 heterocycles. The molecular weight excluding hydrogens is 821 g/mol. The minimum absolute atomic E-state index is 0.355. The zero-order chi connectivity index (χ0) is 38.5. The number of halogens is 3. The molecule has 0 atom stereocenters. The van der Waals surface area contributed by atoms with Crippen LogP contribution < -0.4 is 16.9 Å². The maximum Gasteiger partial charge on any atom is 0.496 e. The molecule has 4 N–H and O–H groups in total. The summed E-state index contributed by atoms with van der Waals surface area (Å²) in [6, 6.07) is 52.8. The van der Waals surface area contributed by atoms with E-state index in [1.54, 1.807) is 0 Å². The zero-order valence-corrected chi connectivity index (χ0v) is 34.4. The first-order valence-corrected chi connectivity index (χ1v) is 19.5. The Labute approximate surface area is 341 Å². The van der Waals surface area contributed by atoms with Gasteiger partial charge in [0.25, 0.3) is 0 Å². The van der Waals surface area contributed by atoms with Gasteiger partial charge < -0.3 is 20.8 Å². The lowest BCUT2D eigenvalue weighted by molar-refractivity contribution is 0.00578. The van der Waals surface area contributed by atoms with E-state index in [4.69, 9.17) is 44.0 Å². The summed E-state index contributed by atoms with van der Waals surface area (Å²) in [6.07, 6.45) is 0. The summed E-state index contributed by atoms with van der Waals surface area (Å²) in [5.74, 6) is 0. The van der Waals surface area contributed by atoms with Gasteiger partial charge in [-0.1, -0.05) is 151 Å². The number of nitrogens with two attached hydrogens (primary N) is 2. The molecule has 8 heteroatoms. The summed E-state index contributed by atoms with van der Waals surface area (Å²) in [5.41, 5.74) is 12.9. The van der Waals surface area contributed by atoms with Crippen molar-refractivity contribution >= 4 is 113 Å². The highest BCUT2D eigenvalue weighted by atomic mass is 127. The first kappa shape index (κ1) is 39.4. The Hall–Kier alpha value is -4.31. The maximum atomic E-state index is 6.55. The predicted octanol–water partition coefficient (Wildman–Crippen LogP) is 12.7. The van der Waals surface area contributed by atoms with Crippen LogP contribution in [0.15, 0.2) is 158 Å². The Morgan fingerprint density at radius 3 is 1.48 bits per heavy atom. The van der Waals surface area contributed by atoms with Crippen molar-refractivity contribution in [3.05, 3.63) is 171 Å². The van der Waals surface area contributed by atoms with Gasteiger partial charge in [-0.15, -0.1) is 0 Å². The van der Waals surface area contributed by atoms with Crippen molar-refractivity contribution in [3.63, 3.8) is 0 Å². The van der Waals surface area contributed by atoms with Gasteiger partial charge in [0.05, 0.1) is 21.9 Å². The highest BCUT2D eigenvalue weighted by Crippen LogP contribution is 2.37. The summed E-state index contributed by atoms with van der Waals surface area (Å²) >= 11 is 14.9. The van der Waals surface area contributed by atoms with E-state index in [1.807, 2.05) is 119 Å². The van der Waals surface area contributed by atoms with Crippen LogP contribution in [-0.2, 0) is 9.31 Å². The molecule has 8 aromatic rings. The van der Waals surface area contributed by atoms with Gasteiger partial charge in [0.2, 0.25) is 0 Å². The molecule has 8 aromatic carbocycles. The molecule has 0 saturated carbocycles. The number of nitrogen functional groups attached to an aromatic ring is 2. The Balaban J connectivity index is 0.000000128. The van der Waals surface area contributed by atoms with Crippen LogP contribution in [0.4, 0.5) is 11.4 Å². The molecule has 54 heavy (non-hydrogen) atoms. The molecule has 1 aliphatic heterocycles. The van der Waals surface area contributed by atoms with E-state index in [-0.39, 0.29) is 11.2 Å². The largest absolute Gasteiger partial charge is 0.496 e. The predicted molar refractivity (Wildman–Crippen MR) is 243 cm³/mol. The van der Waals surface area contributed by atoms with E-state index in [9.17, 15) is 0 Å². The van der Waals surface area contributed by atoms with E-state index in [0.717, 1.165) is 32.7 Å². The minimum atomic E-state index is -0.419. The van der Waals surface area contributed by atoms with Crippen LogP contribution in [-0.4, -0.2) is 18.3 Å². The van der Waals surface area contributed by atoms with Gasteiger partial charge in [0.1, 0.15) is 0 Å². The van der Waals surface area contributed by atoms with E-state index in [2.05, 4.69) is 89.3 Å². The number of anilines is 2. The zero-order valence-electron chi connectivity index (χ0n) is 30.7. The van der Waals surface area contributed by atoms with Crippen LogP contribution in [0.5, 0.6) is 0 Å². The van der Waals surface area contributed by atoms with Crippen molar-refractivity contribution in [2.75, 3.05) is 11.5 Å². The average molecular weight is 863 g/mol. The van der Waals surface area contributed by atoms with Gasteiger partial charge in [-0.2, -0.15) is 0 Å². The molecule has 0 spiro atoms. The Morgan fingerprint density at radius 1 is 0.481 bits per heavy atom. The quantitative estimate of drug-likeness (QED) is 0.0980. The second kappa shape index (κ2) is 17.0. The number of rotatable bonds is 1. The third-order valence-corrected chi connectivity index (χ3v) is 11.3. The van der Waals surface area contributed by atoms with Gasteiger partial charge in [-0.05, 0) is 118 Å². The van der Waals surface area contributed by atoms with Crippen LogP contribution in [0.3, 0.4) is 0 Å². The van der Waals surface area contributed by atoms with Crippen LogP contribution in [0.2, 0.25) is 10.0 Å². The molecule has 4 nitrogen and oxygen atoms in total. The lowest BCUT2D eigenvalue weighted by Gasteiger charge is -2.32. The Kier molecular flexibility index (Phi) is 12.4. The summed E-state index contributed by atoms with van der Waals surface area (Å²) in [4.78, 5) is 0. The molecule has 0 aliphatic carbocycles. The van der Waals surface area contributed by atoms with Gasteiger partial charge in [0.15, 0.2) is 0 Å². The molecule has 0 amide bonds. The summed E-state index contributed by atoms with van der Waals surface area (Å²) in [7, 11) is -0.419. The Bertz CT molecular complexity index is 2470. The average Bonchev–Trinajstić information content (AvgIpc) is 3.39. The number of hydrogen-bond donors (Lipinski definition) is 2. The molecule has 1 aliphatic rings. The first-order chi connectivity index (χ1) is 25.8. The summed E-state index contributed by atoms with van der Waals surface area (Å²) in [5, 5.41) is 10.7. The second-order valence-corrected chi connectivity index (χ2v) is 16.1. The molecule has 1 fully saturated rings. The van der Waals surface area contributed by atoms with Crippen molar-refractivity contribution in [3.8, 4) is 0 Å². The standard InChI is InChI=1S/C16H18BClO2.C10H8ClN.C10H7I.C10H9N/c1-15(2)16(3,4)20-17(19-15)13-10-9-11-7-5-6-8-12(11)14(13)18;11-10-8-4-2-1-3-7(8)5-6-9(10)12;2*11-10-6-5-8-3-1-2-4-9(8)7-10/h5-10H,1-4H3;1-6H,12H2;1-7H;1-7H,11H2. The number of hydrogen-bond acceptors (Lipinski definition) is 4. The second-order valence-electron chi connectivity index (χ2n) is 14.1. The monoisotopic (exact) mass is 862 g/mol. The third kappa shape index (κ3) is 9.14. The van der Waals surface area contributed by atoms with Crippen molar-refractivity contribution < 1.29 is 9.31 Å². The molecule has 272 valence electrons. The molecule has 0 bridgehead atoms. The van der Waals surface area contributed by atoms with E-state index in [1.165, 1.54) is 25.1 Å².